The summed E-state index contributed by atoms with van der Waals surface area (Å²) >= 11 is 0. The summed E-state index contributed by atoms with van der Waals surface area (Å²) in [4.78, 5) is 11.2. The molecule has 128 valence electrons. The Morgan fingerprint density at radius 2 is 1.83 bits per heavy atom. The fourth-order valence-electron chi connectivity index (χ4n) is 2.57. The van der Waals surface area contributed by atoms with Crippen LogP contribution in [0.4, 0.5) is 4.79 Å². The van der Waals surface area contributed by atoms with E-state index in [2.05, 4.69) is 15.4 Å². The molecular weight excluding hydrogens is 304 g/mol. The van der Waals surface area contributed by atoms with Crippen molar-refractivity contribution in [3.8, 4) is 0 Å². The van der Waals surface area contributed by atoms with Gasteiger partial charge in [-0.05, 0) is 42.6 Å². The number of aryl methyl sites for hydroxylation is 1. The number of carbonyl (C=O) groups excluding carboxylic acids is 1. The maximum Gasteiger partial charge on any atom is 0.407 e. The van der Waals surface area contributed by atoms with Gasteiger partial charge in [-0.2, -0.15) is 0 Å². The molecule has 1 unspecified atom stereocenters. The molecule has 1 atom stereocenters. The number of benzene rings is 2. The Hall–Kier alpha value is -2.37. The van der Waals surface area contributed by atoms with Crippen molar-refractivity contribution in [2.24, 2.45) is 0 Å². The van der Waals surface area contributed by atoms with E-state index in [-0.39, 0.29) is 0 Å². The summed E-state index contributed by atoms with van der Waals surface area (Å²) in [5.41, 5.74) is 1.71. The molecule has 5 heteroatoms. The van der Waals surface area contributed by atoms with Crippen LogP contribution < -0.4 is 10.6 Å². The molecule has 0 saturated carbocycles. The molecule has 0 fully saturated rings. The Labute approximate surface area is 142 Å². The molecule has 2 aromatic rings. The topological polar surface area (TPSA) is 70.6 Å². The highest BCUT2D eigenvalue weighted by molar-refractivity contribution is 5.66. The van der Waals surface area contributed by atoms with E-state index >= 15 is 0 Å². The average molecular weight is 328 g/mol. The standard InChI is InChI=1S/C19H24N2O3/c1-20-19(23,12-11-15-7-4-3-5-8-15)17-10-6-9-16(13-17)14-21-18(22)24-2/h3-10,13,20,23H,11-12,14H2,1-2H3,(H,21,22). The molecule has 0 saturated heterocycles. The van der Waals surface area contributed by atoms with E-state index in [0.29, 0.717) is 13.0 Å². The van der Waals surface area contributed by atoms with Crippen LogP contribution in [0.5, 0.6) is 0 Å². The molecule has 0 radical (unpaired) electrons. The molecular formula is C19H24N2O3. The molecule has 24 heavy (non-hydrogen) atoms. The van der Waals surface area contributed by atoms with E-state index in [1.165, 1.54) is 12.7 Å². The van der Waals surface area contributed by atoms with E-state index < -0.39 is 11.8 Å². The van der Waals surface area contributed by atoms with Gasteiger partial charge in [0.25, 0.3) is 0 Å². The highest BCUT2D eigenvalue weighted by atomic mass is 16.5. The number of carbonyl (C=O) groups is 1. The van der Waals surface area contributed by atoms with E-state index in [0.717, 1.165) is 17.5 Å². The first-order chi connectivity index (χ1) is 11.6. The van der Waals surface area contributed by atoms with Crippen LogP contribution in [0.3, 0.4) is 0 Å². The number of ether oxygens (including phenoxy) is 1. The van der Waals surface area contributed by atoms with Gasteiger partial charge in [-0.25, -0.2) is 4.79 Å². The van der Waals surface area contributed by atoms with Crippen LogP contribution in [0.1, 0.15) is 23.1 Å². The van der Waals surface area contributed by atoms with E-state index in [4.69, 9.17) is 0 Å². The number of amides is 1. The number of aliphatic hydroxyl groups is 1. The van der Waals surface area contributed by atoms with Gasteiger partial charge in [0.2, 0.25) is 0 Å². The smallest absolute Gasteiger partial charge is 0.407 e. The monoisotopic (exact) mass is 328 g/mol. The predicted octanol–water partition coefficient (Wildman–Crippen LogP) is 2.54. The minimum absolute atomic E-state index is 0.346. The molecule has 0 bridgehead atoms. The van der Waals surface area contributed by atoms with Crippen molar-refractivity contribution in [3.05, 3.63) is 71.3 Å². The molecule has 2 rings (SSSR count). The highest BCUT2D eigenvalue weighted by Crippen LogP contribution is 2.24. The van der Waals surface area contributed by atoms with Crippen LogP contribution >= 0.6 is 0 Å². The molecule has 0 aromatic heterocycles. The van der Waals surface area contributed by atoms with Crippen LogP contribution in [0.15, 0.2) is 54.6 Å². The average Bonchev–Trinajstić information content (AvgIpc) is 2.65. The number of methoxy groups -OCH3 is 1. The molecule has 1 amide bonds. The second-order valence-corrected chi connectivity index (χ2v) is 5.64. The summed E-state index contributed by atoms with van der Waals surface area (Å²) in [6.45, 7) is 0.346. The van der Waals surface area contributed by atoms with Gasteiger partial charge in [0.15, 0.2) is 0 Å². The number of hydrogen-bond acceptors (Lipinski definition) is 4. The lowest BCUT2D eigenvalue weighted by atomic mass is 9.94. The van der Waals surface area contributed by atoms with Crippen LogP contribution in [-0.2, 0) is 23.4 Å². The van der Waals surface area contributed by atoms with Gasteiger partial charge < -0.3 is 15.2 Å². The van der Waals surface area contributed by atoms with Gasteiger partial charge in [-0.15, -0.1) is 0 Å². The lowest BCUT2D eigenvalue weighted by molar-refractivity contribution is -0.000456. The summed E-state index contributed by atoms with van der Waals surface area (Å²) in [5, 5.41) is 16.6. The Morgan fingerprint density at radius 3 is 2.50 bits per heavy atom. The Morgan fingerprint density at radius 1 is 1.12 bits per heavy atom. The van der Waals surface area contributed by atoms with Crippen LogP contribution in [-0.4, -0.2) is 25.4 Å². The van der Waals surface area contributed by atoms with Crippen molar-refractivity contribution in [2.45, 2.75) is 25.1 Å². The maximum atomic E-state index is 11.2. The first kappa shape index (κ1) is 18.0. The molecule has 5 nitrogen and oxygen atoms in total. The van der Waals surface area contributed by atoms with Gasteiger partial charge in [0.1, 0.15) is 5.72 Å². The van der Waals surface area contributed by atoms with Gasteiger partial charge in [-0.3, -0.25) is 5.32 Å². The second kappa shape index (κ2) is 8.47. The summed E-state index contributed by atoms with van der Waals surface area (Å²) in [6.07, 6.45) is 0.817. The Balaban J connectivity index is 2.09. The van der Waals surface area contributed by atoms with E-state index in [1.807, 2.05) is 54.6 Å². The molecule has 3 N–H and O–H groups in total. The highest BCUT2D eigenvalue weighted by Gasteiger charge is 2.27. The molecule has 0 aliphatic carbocycles. The van der Waals surface area contributed by atoms with Crippen LogP contribution in [0.25, 0.3) is 0 Å². The SMILES string of the molecule is CNC(O)(CCc1ccccc1)c1cccc(CNC(=O)OC)c1. The van der Waals surface area contributed by atoms with Crippen molar-refractivity contribution in [1.29, 1.82) is 0 Å². The Kier molecular flexibility index (Phi) is 6.35. The van der Waals surface area contributed by atoms with Crippen molar-refractivity contribution < 1.29 is 14.6 Å². The number of nitrogens with one attached hydrogen (secondary N) is 2. The largest absolute Gasteiger partial charge is 0.453 e. The normalized spacial score (nSPS) is 13.1. The number of alkyl carbamates (subject to hydrolysis) is 1. The van der Waals surface area contributed by atoms with Crippen molar-refractivity contribution in [1.82, 2.24) is 10.6 Å². The first-order valence-electron chi connectivity index (χ1n) is 7.94. The molecule has 0 spiro atoms. The van der Waals surface area contributed by atoms with Gasteiger partial charge >= 0.3 is 6.09 Å². The van der Waals surface area contributed by atoms with Crippen molar-refractivity contribution in [2.75, 3.05) is 14.2 Å². The lowest BCUT2D eigenvalue weighted by Gasteiger charge is -2.29. The third-order valence-electron chi connectivity index (χ3n) is 4.06. The minimum atomic E-state index is -1.13. The first-order valence-corrected chi connectivity index (χ1v) is 7.94. The fraction of sp³-hybridized carbons (Fsp3) is 0.316. The van der Waals surface area contributed by atoms with Gasteiger partial charge in [-0.1, -0.05) is 48.5 Å². The van der Waals surface area contributed by atoms with Gasteiger partial charge in [0.05, 0.1) is 7.11 Å². The fourth-order valence-corrected chi connectivity index (χ4v) is 2.57. The molecule has 0 aliphatic heterocycles. The number of hydrogen-bond donors (Lipinski definition) is 3. The van der Waals surface area contributed by atoms with E-state index in [1.54, 1.807) is 7.05 Å². The summed E-state index contributed by atoms with van der Waals surface area (Å²) in [6, 6.07) is 17.6. The predicted molar refractivity (Wildman–Crippen MR) is 93.4 cm³/mol. The third kappa shape index (κ3) is 4.81. The molecule has 2 aromatic carbocycles. The van der Waals surface area contributed by atoms with Crippen LogP contribution in [0, 0.1) is 0 Å². The lowest BCUT2D eigenvalue weighted by Crippen LogP contribution is -2.40. The zero-order valence-electron chi connectivity index (χ0n) is 14.1. The second-order valence-electron chi connectivity index (χ2n) is 5.64. The zero-order valence-corrected chi connectivity index (χ0v) is 14.1. The summed E-state index contributed by atoms with van der Waals surface area (Å²) < 4.78 is 4.57. The minimum Gasteiger partial charge on any atom is -0.453 e. The number of rotatable bonds is 7. The van der Waals surface area contributed by atoms with Crippen molar-refractivity contribution in [3.63, 3.8) is 0 Å². The zero-order chi connectivity index (χ0) is 17.4. The third-order valence-corrected chi connectivity index (χ3v) is 4.06. The molecule has 0 aliphatic rings. The van der Waals surface area contributed by atoms with Gasteiger partial charge in [0, 0.05) is 6.54 Å². The quantitative estimate of drug-likeness (QED) is 0.683. The Bertz CT molecular complexity index is 661. The van der Waals surface area contributed by atoms with Crippen LogP contribution in [0.2, 0.25) is 0 Å². The van der Waals surface area contributed by atoms with E-state index in [9.17, 15) is 9.90 Å². The molecule has 0 heterocycles. The van der Waals surface area contributed by atoms with Crippen molar-refractivity contribution >= 4 is 6.09 Å². The maximum absolute atomic E-state index is 11.2. The summed E-state index contributed by atoms with van der Waals surface area (Å²) in [7, 11) is 3.07. The summed E-state index contributed by atoms with van der Waals surface area (Å²) in [5.74, 6) is 0.